The van der Waals surface area contributed by atoms with E-state index < -0.39 is 23.7 Å². The van der Waals surface area contributed by atoms with Crippen molar-refractivity contribution in [2.75, 3.05) is 16.8 Å². The minimum absolute atomic E-state index is 0.0343. The van der Waals surface area contributed by atoms with Crippen molar-refractivity contribution in [2.45, 2.75) is 50.7 Å². The van der Waals surface area contributed by atoms with Gasteiger partial charge in [0.05, 0.1) is 23.0 Å². The highest BCUT2D eigenvalue weighted by Crippen LogP contribution is 2.37. The zero-order valence-electron chi connectivity index (χ0n) is 19.0. The maximum absolute atomic E-state index is 13.4. The monoisotopic (exact) mass is 482 g/mol. The summed E-state index contributed by atoms with van der Waals surface area (Å²) >= 11 is 0. The van der Waals surface area contributed by atoms with Crippen LogP contribution in [0, 0.1) is 0 Å². The molecule has 2 aliphatic rings. The Bertz CT molecular complexity index is 1310. The number of aromatic nitrogens is 2. The molecule has 0 unspecified atom stereocenters. The number of para-hydroxylation sites is 2. The molecule has 1 atom stereocenters. The zero-order valence-corrected chi connectivity index (χ0v) is 19.0. The second-order valence-electron chi connectivity index (χ2n) is 8.97. The van der Waals surface area contributed by atoms with Gasteiger partial charge in [-0.3, -0.25) is 19.1 Å². The average molecular weight is 483 g/mol. The van der Waals surface area contributed by atoms with Crippen LogP contribution in [0.25, 0.3) is 11.0 Å². The molecule has 1 aliphatic carbocycles. The molecular formula is C26H25F3N4O2. The normalized spacial score (nSPS) is 18.0. The summed E-state index contributed by atoms with van der Waals surface area (Å²) in [5.41, 5.74) is 1.98. The van der Waals surface area contributed by atoms with E-state index in [1.165, 1.54) is 24.1 Å². The molecule has 1 aromatic heterocycles. The number of anilines is 2. The van der Waals surface area contributed by atoms with Crippen molar-refractivity contribution in [1.82, 2.24) is 9.55 Å². The van der Waals surface area contributed by atoms with Crippen molar-refractivity contribution in [2.24, 2.45) is 0 Å². The number of benzene rings is 2. The van der Waals surface area contributed by atoms with Gasteiger partial charge in [-0.2, -0.15) is 13.2 Å². The molecule has 9 heteroatoms. The molecule has 2 aromatic carbocycles. The Hall–Kier alpha value is -3.62. The average Bonchev–Trinajstić information content (AvgIpc) is 3.32. The second kappa shape index (κ2) is 9.20. The minimum Gasteiger partial charge on any atom is -0.326 e. The predicted octanol–water partition coefficient (Wildman–Crippen LogP) is 5.86. The third kappa shape index (κ3) is 4.67. The third-order valence-corrected chi connectivity index (χ3v) is 6.58. The van der Waals surface area contributed by atoms with Crippen LogP contribution >= 0.6 is 0 Å². The van der Waals surface area contributed by atoms with Gasteiger partial charge in [-0.1, -0.05) is 29.8 Å². The Kier molecular flexibility index (Phi) is 6.08. The number of halogens is 3. The molecule has 3 aromatic rings. The van der Waals surface area contributed by atoms with Crippen molar-refractivity contribution in [3.63, 3.8) is 0 Å². The van der Waals surface area contributed by atoms with Crippen molar-refractivity contribution in [1.29, 1.82) is 0 Å². The molecule has 0 saturated carbocycles. The number of alkyl halides is 3. The molecule has 0 saturated heterocycles. The van der Waals surface area contributed by atoms with Crippen molar-refractivity contribution in [3.8, 4) is 0 Å². The van der Waals surface area contributed by atoms with E-state index in [4.69, 9.17) is 0 Å². The van der Waals surface area contributed by atoms with Crippen LogP contribution in [0.3, 0.4) is 0 Å². The first-order valence-electron chi connectivity index (χ1n) is 11.7. The second-order valence-corrected chi connectivity index (χ2v) is 8.97. The van der Waals surface area contributed by atoms with Crippen LogP contribution in [0.2, 0.25) is 0 Å². The standard InChI is InChI=1S/C26H25F3N4O2/c27-26(28,29)18-9-6-10-19(15-18)30-23(34)16-22-24(35)32(14-13-17-7-2-1-3-8-17)25-31-20-11-4-5-12-21(20)33(22)25/h4-7,9-12,15,22H,1-3,8,13-14,16H2,(H,30,34)/t22-/m1/s1. The highest BCUT2D eigenvalue weighted by molar-refractivity contribution is 6.05. The lowest BCUT2D eigenvalue weighted by molar-refractivity contribution is -0.137. The molecule has 0 spiro atoms. The van der Waals surface area contributed by atoms with Crippen molar-refractivity contribution < 1.29 is 22.8 Å². The van der Waals surface area contributed by atoms with Crippen LogP contribution in [-0.4, -0.2) is 27.9 Å². The Morgan fingerprint density at radius 2 is 1.94 bits per heavy atom. The lowest BCUT2D eigenvalue weighted by Gasteiger charge is -2.18. The van der Waals surface area contributed by atoms with E-state index in [2.05, 4.69) is 16.4 Å². The highest BCUT2D eigenvalue weighted by Gasteiger charge is 2.40. The van der Waals surface area contributed by atoms with Gasteiger partial charge >= 0.3 is 6.18 Å². The third-order valence-electron chi connectivity index (χ3n) is 6.58. The number of carbonyl (C=O) groups excluding carboxylic acids is 2. The molecule has 35 heavy (non-hydrogen) atoms. The maximum atomic E-state index is 13.4. The summed E-state index contributed by atoms with van der Waals surface area (Å²) in [5.74, 6) is -0.262. The number of allylic oxidation sites excluding steroid dienone is 1. The molecule has 1 N–H and O–H groups in total. The summed E-state index contributed by atoms with van der Waals surface area (Å²) in [5, 5.41) is 2.52. The largest absolute Gasteiger partial charge is 0.416 e. The predicted molar refractivity (Wildman–Crippen MR) is 127 cm³/mol. The molecular weight excluding hydrogens is 457 g/mol. The van der Waals surface area contributed by atoms with Crippen LogP contribution in [-0.2, 0) is 15.8 Å². The van der Waals surface area contributed by atoms with E-state index in [9.17, 15) is 22.8 Å². The van der Waals surface area contributed by atoms with Gasteiger partial charge in [-0.25, -0.2) is 4.98 Å². The number of nitrogens with one attached hydrogen (secondary N) is 1. The molecule has 2 amide bonds. The fraction of sp³-hybridized carbons (Fsp3) is 0.346. The summed E-state index contributed by atoms with van der Waals surface area (Å²) in [6, 6.07) is 11.1. The van der Waals surface area contributed by atoms with E-state index in [1.807, 2.05) is 24.3 Å². The number of carbonyl (C=O) groups is 2. The van der Waals surface area contributed by atoms with E-state index in [0.29, 0.717) is 12.5 Å². The van der Waals surface area contributed by atoms with E-state index in [-0.39, 0.29) is 18.0 Å². The SMILES string of the molecule is O=C(C[C@@H]1C(=O)N(CCC2=CCCCC2)c2nc3ccccc3n21)Nc1cccc(C(F)(F)F)c1. The van der Waals surface area contributed by atoms with Gasteiger partial charge in [0.2, 0.25) is 11.9 Å². The number of rotatable bonds is 6. The van der Waals surface area contributed by atoms with Crippen LogP contribution in [0.5, 0.6) is 0 Å². The molecule has 1 aliphatic heterocycles. The fourth-order valence-corrected chi connectivity index (χ4v) is 4.86. The molecule has 0 fully saturated rings. The summed E-state index contributed by atoms with van der Waals surface area (Å²) < 4.78 is 40.9. The number of hydrogen-bond acceptors (Lipinski definition) is 3. The zero-order chi connectivity index (χ0) is 24.6. The lowest BCUT2D eigenvalue weighted by atomic mass is 9.97. The molecule has 5 rings (SSSR count). The summed E-state index contributed by atoms with van der Waals surface area (Å²) in [6.45, 7) is 0.472. The smallest absolute Gasteiger partial charge is 0.326 e. The molecule has 0 bridgehead atoms. The van der Waals surface area contributed by atoms with Crippen molar-refractivity contribution in [3.05, 3.63) is 65.7 Å². The first kappa shape index (κ1) is 23.1. The minimum atomic E-state index is -4.51. The van der Waals surface area contributed by atoms with Gasteiger partial charge in [0.15, 0.2) is 0 Å². The van der Waals surface area contributed by atoms with E-state index in [1.54, 1.807) is 9.47 Å². The Balaban J connectivity index is 1.38. The number of hydrogen-bond donors (Lipinski definition) is 1. The molecule has 6 nitrogen and oxygen atoms in total. The van der Waals surface area contributed by atoms with E-state index >= 15 is 0 Å². The topological polar surface area (TPSA) is 67.2 Å². The van der Waals surface area contributed by atoms with Gasteiger partial charge in [-0.05, 0) is 62.4 Å². The lowest BCUT2D eigenvalue weighted by Crippen LogP contribution is -2.32. The molecule has 0 radical (unpaired) electrons. The number of imidazole rings is 1. The summed E-state index contributed by atoms with van der Waals surface area (Å²) in [7, 11) is 0. The van der Waals surface area contributed by atoms with Crippen LogP contribution in [0.1, 0.15) is 50.1 Å². The van der Waals surface area contributed by atoms with Gasteiger partial charge in [0.1, 0.15) is 6.04 Å². The number of fused-ring (bicyclic) bond motifs is 3. The fourth-order valence-electron chi connectivity index (χ4n) is 4.86. The number of nitrogens with zero attached hydrogens (tertiary/aromatic N) is 3. The molecule has 182 valence electrons. The summed E-state index contributed by atoms with van der Waals surface area (Å²) in [4.78, 5) is 32.6. The molecule has 2 heterocycles. The van der Waals surface area contributed by atoms with Gasteiger partial charge < -0.3 is 5.32 Å². The summed E-state index contributed by atoms with van der Waals surface area (Å²) in [6.07, 6.45) is 2.69. The highest BCUT2D eigenvalue weighted by atomic mass is 19.4. The van der Waals surface area contributed by atoms with Gasteiger partial charge in [0.25, 0.3) is 5.91 Å². The quantitative estimate of drug-likeness (QED) is 0.448. The maximum Gasteiger partial charge on any atom is 0.416 e. The Labute approximate surface area is 200 Å². The van der Waals surface area contributed by atoms with E-state index in [0.717, 1.165) is 48.8 Å². The van der Waals surface area contributed by atoms with Crippen LogP contribution in [0.15, 0.2) is 60.2 Å². The van der Waals surface area contributed by atoms with Gasteiger partial charge in [-0.15, -0.1) is 0 Å². The van der Waals surface area contributed by atoms with Crippen LogP contribution in [0.4, 0.5) is 24.8 Å². The number of amides is 2. The first-order chi connectivity index (χ1) is 16.8. The van der Waals surface area contributed by atoms with Gasteiger partial charge in [0, 0.05) is 12.2 Å². The Morgan fingerprint density at radius 3 is 2.71 bits per heavy atom. The van der Waals surface area contributed by atoms with Crippen LogP contribution < -0.4 is 10.2 Å². The first-order valence-corrected chi connectivity index (χ1v) is 11.7. The van der Waals surface area contributed by atoms with Crippen molar-refractivity contribution >= 4 is 34.5 Å². The Morgan fingerprint density at radius 1 is 1.11 bits per heavy atom.